The first kappa shape index (κ1) is 20.2. The van der Waals surface area contributed by atoms with Gasteiger partial charge in [0.1, 0.15) is 5.75 Å². The van der Waals surface area contributed by atoms with Gasteiger partial charge in [-0.2, -0.15) is 0 Å². The highest BCUT2D eigenvalue weighted by atomic mass is 32.1. The fraction of sp³-hybridized carbons (Fsp3) is 0.160. The Hall–Kier alpha value is -3.71. The van der Waals surface area contributed by atoms with E-state index in [-0.39, 0.29) is 12.1 Å². The number of nitrogens with one attached hydrogen (secondary N) is 1. The third kappa shape index (κ3) is 3.71. The van der Waals surface area contributed by atoms with Gasteiger partial charge in [-0.25, -0.2) is 0 Å². The van der Waals surface area contributed by atoms with E-state index >= 15 is 0 Å². The number of thiocarbonyl (C=S) groups is 1. The highest BCUT2D eigenvalue weighted by molar-refractivity contribution is 7.80. The molecule has 0 bridgehead atoms. The lowest BCUT2D eigenvalue weighted by Gasteiger charge is -2.29. The van der Waals surface area contributed by atoms with Gasteiger partial charge in [0.25, 0.3) is 0 Å². The molecule has 1 saturated heterocycles. The van der Waals surface area contributed by atoms with E-state index in [1.54, 1.807) is 13.3 Å². The van der Waals surface area contributed by atoms with E-state index in [0.29, 0.717) is 11.7 Å². The number of benzene rings is 1. The second-order valence-electron chi connectivity index (χ2n) is 7.59. The molecule has 3 aromatic heterocycles. The largest absolute Gasteiger partial charge is 0.495 e. The first-order valence-electron chi connectivity index (χ1n) is 10.4. The summed E-state index contributed by atoms with van der Waals surface area (Å²) in [6.07, 6.45) is 7.55. The predicted octanol–water partition coefficient (Wildman–Crippen LogP) is 4.45. The van der Waals surface area contributed by atoms with Crippen LogP contribution >= 0.6 is 12.2 Å². The molecule has 5 rings (SSSR count). The van der Waals surface area contributed by atoms with E-state index in [1.165, 1.54) is 0 Å². The minimum absolute atomic E-state index is 0.0717. The quantitative estimate of drug-likeness (QED) is 0.446. The number of aromatic nitrogens is 3. The summed E-state index contributed by atoms with van der Waals surface area (Å²) in [6, 6.07) is 22.0. The maximum Gasteiger partial charge on any atom is 0.170 e. The van der Waals surface area contributed by atoms with Crippen LogP contribution in [-0.2, 0) is 6.54 Å². The Labute approximate surface area is 192 Å². The summed E-state index contributed by atoms with van der Waals surface area (Å²) in [6.45, 7) is 0.644. The topological polar surface area (TPSA) is 55.2 Å². The van der Waals surface area contributed by atoms with Gasteiger partial charge in [-0.1, -0.05) is 24.3 Å². The van der Waals surface area contributed by atoms with E-state index in [1.807, 2.05) is 54.9 Å². The molecule has 6 nitrogen and oxygen atoms in total. The Bertz CT molecular complexity index is 1210. The molecule has 160 valence electrons. The number of hydrogen-bond donors (Lipinski definition) is 1. The fourth-order valence-electron chi connectivity index (χ4n) is 4.27. The molecule has 7 heteroatoms. The van der Waals surface area contributed by atoms with Crippen LogP contribution in [0.15, 0.2) is 91.5 Å². The molecule has 1 fully saturated rings. The van der Waals surface area contributed by atoms with Crippen molar-refractivity contribution in [2.45, 2.75) is 18.6 Å². The normalized spacial score (nSPS) is 17.9. The lowest BCUT2D eigenvalue weighted by molar-refractivity contribution is 0.301. The van der Waals surface area contributed by atoms with Gasteiger partial charge in [0.15, 0.2) is 5.11 Å². The maximum atomic E-state index is 5.81. The molecule has 32 heavy (non-hydrogen) atoms. The van der Waals surface area contributed by atoms with E-state index in [2.05, 4.69) is 55.2 Å². The summed E-state index contributed by atoms with van der Waals surface area (Å²) >= 11 is 5.81. The Kier molecular flexibility index (Phi) is 5.56. The van der Waals surface area contributed by atoms with Crippen LogP contribution in [-0.4, -0.2) is 31.7 Å². The van der Waals surface area contributed by atoms with Gasteiger partial charge < -0.3 is 19.5 Å². The van der Waals surface area contributed by atoms with Crippen LogP contribution in [0.2, 0.25) is 0 Å². The highest BCUT2D eigenvalue weighted by Crippen LogP contribution is 2.41. The molecular formula is C25H23N5OS. The van der Waals surface area contributed by atoms with E-state index in [9.17, 15) is 0 Å². The summed E-state index contributed by atoms with van der Waals surface area (Å²) in [7, 11) is 1.69. The summed E-state index contributed by atoms with van der Waals surface area (Å²) in [5.74, 6) is 0.812. The van der Waals surface area contributed by atoms with Gasteiger partial charge in [-0.05, 0) is 60.2 Å². The van der Waals surface area contributed by atoms with E-state index in [0.717, 1.165) is 28.4 Å². The van der Waals surface area contributed by atoms with Crippen LogP contribution in [0.25, 0.3) is 5.69 Å². The average molecular weight is 442 g/mol. The van der Waals surface area contributed by atoms with Crippen LogP contribution in [0.5, 0.6) is 5.75 Å². The van der Waals surface area contributed by atoms with Crippen molar-refractivity contribution in [3.05, 3.63) is 108 Å². The average Bonchev–Trinajstić information content (AvgIpc) is 3.45. The van der Waals surface area contributed by atoms with Crippen molar-refractivity contribution in [2.75, 3.05) is 7.11 Å². The zero-order valence-electron chi connectivity index (χ0n) is 17.6. The van der Waals surface area contributed by atoms with Gasteiger partial charge in [0.2, 0.25) is 0 Å². The van der Waals surface area contributed by atoms with Crippen LogP contribution in [0.3, 0.4) is 0 Å². The molecule has 4 heterocycles. The van der Waals surface area contributed by atoms with Crippen molar-refractivity contribution in [1.29, 1.82) is 0 Å². The van der Waals surface area contributed by atoms with Gasteiger partial charge in [0, 0.05) is 37.0 Å². The third-order valence-corrected chi connectivity index (χ3v) is 6.05. The Morgan fingerprint density at radius 3 is 2.66 bits per heavy atom. The molecule has 1 aromatic carbocycles. The van der Waals surface area contributed by atoms with Crippen LogP contribution in [0.4, 0.5) is 0 Å². The first-order chi connectivity index (χ1) is 15.8. The Morgan fingerprint density at radius 1 is 1.00 bits per heavy atom. The zero-order chi connectivity index (χ0) is 21.9. The van der Waals surface area contributed by atoms with Crippen LogP contribution < -0.4 is 10.1 Å². The van der Waals surface area contributed by atoms with Crippen molar-refractivity contribution in [2.24, 2.45) is 0 Å². The smallest absolute Gasteiger partial charge is 0.170 e. The predicted molar refractivity (Wildman–Crippen MR) is 128 cm³/mol. The summed E-state index contributed by atoms with van der Waals surface area (Å²) in [4.78, 5) is 11.1. The zero-order valence-corrected chi connectivity index (χ0v) is 18.4. The Balaban J connectivity index is 1.62. The van der Waals surface area contributed by atoms with Crippen LogP contribution in [0, 0.1) is 0 Å². The van der Waals surface area contributed by atoms with Gasteiger partial charge in [-0.3, -0.25) is 9.97 Å². The lowest BCUT2D eigenvalue weighted by atomic mass is 10.0. The maximum absolute atomic E-state index is 5.81. The summed E-state index contributed by atoms with van der Waals surface area (Å²) in [5, 5.41) is 4.21. The number of hydrogen-bond acceptors (Lipinski definition) is 4. The fourth-order valence-corrected chi connectivity index (χ4v) is 4.57. The van der Waals surface area contributed by atoms with E-state index in [4.69, 9.17) is 17.0 Å². The molecule has 2 atom stereocenters. The van der Waals surface area contributed by atoms with Crippen molar-refractivity contribution in [3.8, 4) is 11.4 Å². The second-order valence-corrected chi connectivity index (χ2v) is 7.98. The van der Waals surface area contributed by atoms with Gasteiger partial charge >= 0.3 is 0 Å². The van der Waals surface area contributed by atoms with Crippen LogP contribution in [0.1, 0.15) is 29.0 Å². The number of methoxy groups -OCH3 is 1. The molecule has 2 unspecified atom stereocenters. The SMILES string of the molecule is COc1ccccc1-n1cccc1C1C(c2ccccn2)NC(=S)N1Cc1cccnc1. The molecule has 0 radical (unpaired) electrons. The molecule has 1 N–H and O–H groups in total. The molecule has 0 aliphatic carbocycles. The van der Waals surface area contributed by atoms with Crippen molar-refractivity contribution >= 4 is 17.3 Å². The minimum Gasteiger partial charge on any atom is -0.495 e. The number of para-hydroxylation sites is 2. The Morgan fingerprint density at radius 2 is 1.88 bits per heavy atom. The minimum atomic E-state index is -0.0938. The van der Waals surface area contributed by atoms with E-state index < -0.39 is 0 Å². The second kappa shape index (κ2) is 8.80. The molecule has 0 spiro atoms. The van der Waals surface area contributed by atoms with Gasteiger partial charge in [0.05, 0.1) is 30.6 Å². The molecule has 1 aliphatic heterocycles. The summed E-state index contributed by atoms with van der Waals surface area (Å²) in [5.41, 5.74) is 4.12. The van der Waals surface area contributed by atoms with Crippen molar-refractivity contribution in [1.82, 2.24) is 24.8 Å². The van der Waals surface area contributed by atoms with Gasteiger partial charge in [-0.15, -0.1) is 0 Å². The molecule has 4 aromatic rings. The molecular weight excluding hydrogens is 418 g/mol. The highest BCUT2D eigenvalue weighted by Gasteiger charge is 2.41. The number of pyridine rings is 2. The third-order valence-electron chi connectivity index (χ3n) is 5.70. The molecule has 0 amide bonds. The molecule has 1 aliphatic rings. The summed E-state index contributed by atoms with van der Waals surface area (Å²) < 4.78 is 7.82. The standard InChI is InChI=1S/C25H23N5OS/c1-31-22-12-3-2-10-20(22)29-15-7-11-21(29)24-23(19-9-4-5-14-27-19)28-25(32)30(24)17-18-8-6-13-26-16-18/h2-16,23-24H,17H2,1H3,(H,28,32). The number of nitrogens with zero attached hydrogens (tertiary/aromatic N) is 4. The lowest BCUT2D eigenvalue weighted by Crippen LogP contribution is -2.30. The first-order valence-corrected chi connectivity index (χ1v) is 10.8. The number of rotatable bonds is 6. The van der Waals surface area contributed by atoms with Crippen molar-refractivity contribution < 1.29 is 4.74 Å². The number of ether oxygens (including phenoxy) is 1. The van der Waals surface area contributed by atoms with Crippen molar-refractivity contribution in [3.63, 3.8) is 0 Å². The molecule has 0 saturated carbocycles. The monoisotopic (exact) mass is 441 g/mol.